The molecule has 2 aliphatic carbocycles. The minimum atomic E-state index is -1.31. The Labute approximate surface area is 146 Å². The van der Waals surface area contributed by atoms with Crippen LogP contribution in [0.1, 0.15) is 57.8 Å². The first-order valence-electron chi connectivity index (χ1n) is 7.77. The fourth-order valence-electron chi connectivity index (χ4n) is 3.47. The first-order valence-corrected chi connectivity index (χ1v) is 7.77. The Balaban J connectivity index is 0.000000478. The summed E-state index contributed by atoms with van der Waals surface area (Å²) in [6, 6.07) is 0.305. The van der Waals surface area contributed by atoms with E-state index in [0.29, 0.717) is 11.8 Å². The van der Waals surface area contributed by atoms with E-state index in [1.165, 1.54) is 38.5 Å². The zero-order valence-electron chi connectivity index (χ0n) is 12.7. The molecule has 0 radical (unpaired) electrons. The summed E-state index contributed by atoms with van der Waals surface area (Å²) in [5.74, 6) is -1.50. The molecule has 6 nitrogen and oxygen atoms in total. The Hall–Kier alpha value is -0.452. The molecule has 2 aliphatic rings. The second-order valence-electron chi connectivity index (χ2n) is 6.07. The van der Waals surface area contributed by atoms with E-state index in [9.17, 15) is 9.59 Å². The van der Waals surface area contributed by atoms with E-state index in [-0.39, 0.29) is 33.1 Å². The van der Waals surface area contributed by atoms with Gasteiger partial charge in [-0.15, -0.1) is 12.1 Å². The van der Waals surface area contributed by atoms with Crippen LogP contribution in [-0.2, 0) is 30.7 Å². The number of nitrogens with one attached hydrogen (secondary N) is 2. The van der Waals surface area contributed by atoms with Gasteiger partial charge >= 0.3 is 33.0 Å². The first-order chi connectivity index (χ1) is 9.91. The van der Waals surface area contributed by atoms with Gasteiger partial charge in [-0.05, 0) is 0 Å². The summed E-state index contributed by atoms with van der Waals surface area (Å²) in [7, 11) is 0. The molecule has 0 saturated heterocycles. The van der Waals surface area contributed by atoms with Crippen molar-refractivity contribution >= 4 is 11.9 Å². The molecular formula is C15H26N2O4Pt. The van der Waals surface area contributed by atoms with Gasteiger partial charge in [-0.1, -0.05) is 63.2 Å². The number of hydrogen-bond acceptors (Lipinski definition) is 2. The van der Waals surface area contributed by atoms with Crippen molar-refractivity contribution in [2.24, 2.45) is 11.8 Å². The second-order valence-corrected chi connectivity index (χ2v) is 6.07. The normalized spacial score (nSPS) is 31.2. The van der Waals surface area contributed by atoms with Crippen molar-refractivity contribution in [3.63, 3.8) is 0 Å². The van der Waals surface area contributed by atoms with Crippen LogP contribution in [0.4, 0.5) is 0 Å². The monoisotopic (exact) mass is 493 g/mol. The van der Waals surface area contributed by atoms with Crippen molar-refractivity contribution < 1.29 is 40.9 Å². The van der Waals surface area contributed by atoms with Gasteiger partial charge in [-0.2, -0.15) is 0 Å². The summed E-state index contributed by atoms with van der Waals surface area (Å²) >= 11 is 0. The topological polar surface area (TPSA) is 122 Å². The van der Waals surface area contributed by atoms with E-state index in [0.717, 1.165) is 12.8 Å². The van der Waals surface area contributed by atoms with Crippen molar-refractivity contribution in [3.8, 4) is 0 Å². The summed E-state index contributed by atoms with van der Waals surface area (Å²) in [6.07, 6.45) is 8.96. The fourth-order valence-corrected chi connectivity index (χ4v) is 3.47. The van der Waals surface area contributed by atoms with E-state index in [2.05, 4.69) is 0 Å². The van der Waals surface area contributed by atoms with Crippen molar-refractivity contribution in [3.05, 3.63) is 11.5 Å². The third-order valence-electron chi connectivity index (χ3n) is 4.49. The number of carboxylic acid groups (broad SMARTS) is 2. The number of carbonyl (C=O) groups is 2. The molecule has 0 aromatic carbocycles. The van der Waals surface area contributed by atoms with Gasteiger partial charge in [-0.3, -0.25) is 9.59 Å². The molecule has 7 heteroatoms. The quantitative estimate of drug-likeness (QED) is 0.582. The maximum Gasteiger partial charge on any atom is 2.00 e. The van der Waals surface area contributed by atoms with Crippen LogP contribution in [-0.4, -0.2) is 34.2 Å². The fraction of sp³-hybridized carbons (Fsp3) is 0.867. The third kappa shape index (κ3) is 7.70. The van der Waals surface area contributed by atoms with Crippen LogP contribution < -0.4 is 0 Å². The van der Waals surface area contributed by atoms with Crippen LogP contribution in [0, 0.1) is 11.8 Å². The molecule has 2 saturated carbocycles. The molecule has 0 amide bonds. The maximum absolute atomic E-state index is 9.43. The minimum Gasteiger partial charge on any atom is -0.674 e. The molecule has 0 bridgehead atoms. The maximum atomic E-state index is 9.43. The summed E-state index contributed by atoms with van der Waals surface area (Å²) < 4.78 is 0. The Bertz CT molecular complexity index is 322. The molecule has 4 atom stereocenters. The Kier molecular flexibility index (Phi) is 10.9. The average Bonchev–Trinajstić information content (AvgIpc) is 2.39. The zero-order chi connectivity index (χ0) is 15.8. The van der Waals surface area contributed by atoms with Gasteiger partial charge in [0.25, 0.3) is 0 Å². The van der Waals surface area contributed by atoms with Crippen LogP contribution in [0.2, 0.25) is 0 Å². The van der Waals surface area contributed by atoms with Crippen LogP contribution in [0.25, 0.3) is 11.5 Å². The summed E-state index contributed by atoms with van der Waals surface area (Å²) in [6.45, 7) is 0. The smallest absolute Gasteiger partial charge is 0.674 e. The first kappa shape index (κ1) is 21.5. The van der Waals surface area contributed by atoms with Gasteiger partial charge in [0, 0.05) is 0 Å². The van der Waals surface area contributed by atoms with Gasteiger partial charge in [0.15, 0.2) is 0 Å². The van der Waals surface area contributed by atoms with Gasteiger partial charge in [0.2, 0.25) is 0 Å². The van der Waals surface area contributed by atoms with Crippen LogP contribution in [0.5, 0.6) is 0 Å². The molecule has 0 heterocycles. The average molecular weight is 493 g/mol. The van der Waals surface area contributed by atoms with Crippen LogP contribution in [0.15, 0.2) is 0 Å². The molecule has 2 rings (SSSR count). The van der Waals surface area contributed by atoms with Gasteiger partial charge < -0.3 is 21.7 Å². The predicted octanol–water partition coefficient (Wildman–Crippen LogP) is 3.75. The third-order valence-corrected chi connectivity index (χ3v) is 4.49. The molecule has 4 unspecified atom stereocenters. The van der Waals surface area contributed by atoms with Crippen LogP contribution >= 0.6 is 0 Å². The second kappa shape index (κ2) is 11.1. The summed E-state index contributed by atoms with van der Waals surface area (Å²) in [4.78, 5) is 18.9. The molecule has 0 aromatic heterocycles. The minimum absolute atomic E-state index is 0. The Morgan fingerprint density at radius 3 is 1.32 bits per heavy atom. The Morgan fingerprint density at radius 2 is 1.09 bits per heavy atom. The van der Waals surface area contributed by atoms with Crippen molar-refractivity contribution in [2.75, 3.05) is 0 Å². The molecule has 130 valence electrons. The van der Waals surface area contributed by atoms with Crippen molar-refractivity contribution in [2.45, 2.75) is 69.9 Å². The summed E-state index contributed by atoms with van der Waals surface area (Å²) in [5.41, 5.74) is 16.1. The van der Waals surface area contributed by atoms with E-state index < -0.39 is 18.4 Å². The molecule has 2 fully saturated rings. The van der Waals surface area contributed by atoms with E-state index in [4.69, 9.17) is 21.7 Å². The van der Waals surface area contributed by atoms with Gasteiger partial charge in [0.1, 0.15) is 6.42 Å². The molecule has 0 spiro atoms. The molecule has 4 N–H and O–H groups in total. The van der Waals surface area contributed by atoms with Crippen molar-refractivity contribution in [1.82, 2.24) is 0 Å². The largest absolute Gasteiger partial charge is 2.00 e. The molecule has 22 heavy (non-hydrogen) atoms. The number of aliphatic carboxylic acids is 2. The number of rotatable bonds is 3. The number of carboxylic acids is 2. The predicted molar refractivity (Wildman–Crippen MR) is 80.0 cm³/mol. The summed E-state index contributed by atoms with van der Waals surface area (Å²) in [5, 5.41) is 15.4. The zero-order valence-corrected chi connectivity index (χ0v) is 15.0. The van der Waals surface area contributed by atoms with Crippen LogP contribution in [0.3, 0.4) is 0 Å². The van der Waals surface area contributed by atoms with E-state index >= 15 is 0 Å². The molecular weight excluding hydrogens is 467 g/mol. The van der Waals surface area contributed by atoms with E-state index in [1.54, 1.807) is 0 Å². The SMILES string of the molecule is O=C(O)CC(=O)O.[NH-]C1CCCCC1C1CCCCC1[NH-].[Pt+2]. The molecule has 0 aromatic rings. The standard InChI is InChI=1S/C12H22N2.C3H4O4.Pt/c13-11-7-3-1-5-9(11)10-6-2-4-8-12(10)14;4-2(5)1-3(6)7;/h9-14H,1-8H2;1H2,(H,4,5)(H,6,7);/q-2;;+2. The van der Waals surface area contributed by atoms with Gasteiger partial charge in [0.05, 0.1) is 0 Å². The Morgan fingerprint density at radius 1 is 0.773 bits per heavy atom. The van der Waals surface area contributed by atoms with E-state index in [1.807, 2.05) is 0 Å². The molecule has 0 aliphatic heterocycles. The van der Waals surface area contributed by atoms with Gasteiger partial charge in [-0.25, -0.2) is 0 Å². The number of hydrogen-bond donors (Lipinski definition) is 2. The van der Waals surface area contributed by atoms with Crippen molar-refractivity contribution in [1.29, 1.82) is 0 Å².